The molecule has 0 aliphatic heterocycles. The molecule has 1 rings (SSSR count). The van der Waals surface area contributed by atoms with E-state index in [1.165, 1.54) is 32.5 Å². The molecule has 0 radical (unpaired) electrons. The lowest BCUT2D eigenvalue weighted by molar-refractivity contribution is -0.141. The molecule has 0 aliphatic carbocycles. The van der Waals surface area contributed by atoms with Crippen LogP contribution in [0.4, 0.5) is 5.82 Å². The molecule has 0 aromatic carbocycles. The smallest absolute Gasteiger partial charge is 0.338 e. The molecule has 0 bridgehead atoms. The number of pyridine rings is 1. The van der Waals surface area contributed by atoms with E-state index in [1.807, 2.05) is 6.92 Å². The number of carbonyl (C=O) groups excluding carboxylic acids is 2. The van der Waals surface area contributed by atoms with Gasteiger partial charge in [0.15, 0.2) is 0 Å². The maximum atomic E-state index is 11.4. The fourth-order valence-corrected chi connectivity index (χ4v) is 1.40. The molecule has 0 saturated carbocycles. The maximum absolute atomic E-state index is 11.4. The standard InChI is InChI=1S/C12H16N2O4/c1-4-9(12(16)18-3)14-10-7-8(5-6-13-10)11(15)17-2/h5-7,9H,4H2,1-3H3,(H,13,14). The second-order valence-corrected chi connectivity index (χ2v) is 3.55. The molecule has 1 heterocycles. The predicted octanol–water partition coefficient (Wildman–Crippen LogP) is 1.23. The molecule has 0 fully saturated rings. The predicted molar refractivity (Wildman–Crippen MR) is 65.3 cm³/mol. The van der Waals surface area contributed by atoms with Gasteiger partial charge in [0, 0.05) is 6.20 Å². The average Bonchev–Trinajstić information content (AvgIpc) is 2.43. The van der Waals surface area contributed by atoms with E-state index < -0.39 is 12.0 Å². The van der Waals surface area contributed by atoms with Crippen LogP contribution in [0.1, 0.15) is 23.7 Å². The van der Waals surface area contributed by atoms with Crippen molar-refractivity contribution >= 4 is 17.8 Å². The first-order chi connectivity index (χ1) is 8.62. The van der Waals surface area contributed by atoms with Gasteiger partial charge < -0.3 is 14.8 Å². The molecule has 6 heteroatoms. The zero-order valence-corrected chi connectivity index (χ0v) is 10.6. The van der Waals surface area contributed by atoms with E-state index in [4.69, 9.17) is 0 Å². The number of methoxy groups -OCH3 is 2. The van der Waals surface area contributed by atoms with Crippen LogP contribution >= 0.6 is 0 Å². The molecule has 98 valence electrons. The van der Waals surface area contributed by atoms with Crippen LogP contribution in [0.3, 0.4) is 0 Å². The second kappa shape index (κ2) is 6.58. The second-order valence-electron chi connectivity index (χ2n) is 3.55. The summed E-state index contributed by atoms with van der Waals surface area (Å²) in [6.07, 6.45) is 2.02. The summed E-state index contributed by atoms with van der Waals surface area (Å²) in [6.45, 7) is 1.85. The van der Waals surface area contributed by atoms with Gasteiger partial charge in [-0.05, 0) is 18.6 Å². The van der Waals surface area contributed by atoms with E-state index >= 15 is 0 Å². The van der Waals surface area contributed by atoms with E-state index in [0.717, 1.165) is 0 Å². The summed E-state index contributed by atoms with van der Waals surface area (Å²) < 4.78 is 9.26. The number of rotatable bonds is 5. The van der Waals surface area contributed by atoms with Gasteiger partial charge in [-0.15, -0.1) is 0 Å². The highest BCUT2D eigenvalue weighted by Crippen LogP contribution is 2.11. The van der Waals surface area contributed by atoms with Gasteiger partial charge in [-0.25, -0.2) is 14.6 Å². The first kappa shape index (κ1) is 14.0. The fourth-order valence-electron chi connectivity index (χ4n) is 1.40. The number of esters is 2. The maximum Gasteiger partial charge on any atom is 0.338 e. The summed E-state index contributed by atoms with van der Waals surface area (Å²) in [5, 5.41) is 2.91. The summed E-state index contributed by atoms with van der Waals surface area (Å²) in [7, 11) is 2.63. The summed E-state index contributed by atoms with van der Waals surface area (Å²) in [5.41, 5.74) is 0.370. The lowest BCUT2D eigenvalue weighted by Gasteiger charge is -2.15. The molecule has 1 N–H and O–H groups in total. The molecular weight excluding hydrogens is 236 g/mol. The van der Waals surface area contributed by atoms with Crippen molar-refractivity contribution in [2.24, 2.45) is 0 Å². The molecule has 18 heavy (non-hydrogen) atoms. The van der Waals surface area contributed by atoms with Crippen molar-refractivity contribution in [1.82, 2.24) is 4.98 Å². The summed E-state index contributed by atoms with van der Waals surface area (Å²) in [5.74, 6) is -0.399. The lowest BCUT2D eigenvalue weighted by atomic mass is 10.2. The first-order valence-corrected chi connectivity index (χ1v) is 5.51. The molecule has 1 unspecified atom stereocenters. The van der Waals surface area contributed by atoms with Crippen molar-refractivity contribution in [3.63, 3.8) is 0 Å². The Bertz CT molecular complexity index is 434. The van der Waals surface area contributed by atoms with Crippen LogP contribution in [0.25, 0.3) is 0 Å². The molecule has 6 nitrogen and oxygen atoms in total. The van der Waals surface area contributed by atoms with Crippen LogP contribution in [0.2, 0.25) is 0 Å². The Balaban J connectivity index is 2.84. The normalized spacial score (nSPS) is 11.5. The third-order valence-corrected chi connectivity index (χ3v) is 2.40. The van der Waals surface area contributed by atoms with Gasteiger partial charge in [-0.1, -0.05) is 6.92 Å². The van der Waals surface area contributed by atoms with Crippen molar-refractivity contribution < 1.29 is 19.1 Å². The van der Waals surface area contributed by atoms with Crippen molar-refractivity contribution in [1.29, 1.82) is 0 Å². The topological polar surface area (TPSA) is 77.5 Å². The van der Waals surface area contributed by atoms with Crippen LogP contribution in [-0.2, 0) is 14.3 Å². The van der Waals surface area contributed by atoms with Crippen molar-refractivity contribution in [2.45, 2.75) is 19.4 Å². The highest BCUT2D eigenvalue weighted by molar-refractivity contribution is 5.90. The highest BCUT2D eigenvalue weighted by atomic mass is 16.5. The summed E-state index contributed by atoms with van der Waals surface area (Å²) in [6, 6.07) is 2.57. The fraction of sp³-hybridized carbons (Fsp3) is 0.417. The van der Waals surface area contributed by atoms with Crippen LogP contribution in [0.5, 0.6) is 0 Å². The van der Waals surface area contributed by atoms with Gasteiger partial charge in [-0.2, -0.15) is 0 Å². The Hall–Kier alpha value is -2.11. The van der Waals surface area contributed by atoms with Crippen molar-refractivity contribution in [3.8, 4) is 0 Å². The van der Waals surface area contributed by atoms with Crippen LogP contribution in [-0.4, -0.2) is 37.2 Å². The third kappa shape index (κ3) is 3.44. The Labute approximate surface area is 105 Å². The van der Waals surface area contributed by atoms with E-state index in [1.54, 1.807) is 0 Å². The largest absolute Gasteiger partial charge is 0.467 e. The Morgan fingerprint density at radius 1 is 1.39 bits per heavy atom. The van der Waals surface area contributed by atoms with E-state index in [2.05, 4.69) is 19.8 Å². The quantitative estimate of drug-likeness (QED) is 0.794. The zero-order valence-electron chi connectivity index (χ0n) is 10.6. The average molecular weight is 252 g/mol. The van der Waals surface area contributed by atoms with Gasteiger partial charge in [-0.3, -0.25) is 0 Å². The molecular formula is C12H16N2O4. The molecule has 0 saturated heterocycles. The van der Waals surface area contributed by atoms with Gasteiger partial charge in [0.1, 0.15) is 11.9 Å². The Morgan fingerprint density at radius 3 is 2.67 bits per heavy atom. The van der Waals surface area contributed by atoms with Gasteiger partial charge in [0.05, 0.1) is 19.8 Å². The van der Waals surface area contributed by atoms with Crippen molar-refractivity contribution in [2.75, 3.05) is 19.5 Å². The molecule has 1 atom stereocenters. The SMILES string of the molecule is CCC(Nc1cc(C(=O)OC)ccn1)C(=O)OC. The van der Waals surface area contributed by atoms with Gasteiger partial charge in [0.25, 0.3) is 0 Å². The van der Waals surface area contributed by atoms with Crippen LogP contribution in [0.15, 0.2) is 18.3 Å². The number of nitrogens with zero attached hydrogens (tertiary/aromatic N) is 1. The zero-order chi connectivity index (χ0) is 13.5. The van der Waals surface area contributed by atoms with Gasteiger partial charge >= 0.3 is 11.9 Å². The minimum absolute atomic E-state index is 0.370. The number of aromatic nitrogens is 1. The number of ether oxygens (including phenoxy) is 2. The van der Waals surface area contributed by atoms with Crippen molar-refractivity contribution in [3.05, 3.63) is 23.9 Å². The lowest BCUT2D eigenvalue weighted by Crippen LogP contribution is -2.30. The number of nitrogens with one attached hydrogen (secondary N) is 1. The number of hydrogen-bond donors (Lipinski definition) is 1. The highest BCUT2D eigenvalue weighted by Gasteiger charge is 2.17. The summed E-state index contributed by atoms with van der Waals surface area (Å²) >= 11 is 0. The van der Waals surface area contributed by atoms with E-state index in [-0.39, 0.29) is 5.97 Å². The number of anilines is 1. The number of hydrogen-bond acceptors (Lipinski definition) is 6. The molecule has 1 aromatic heterocycles. The molecule has 0 aliphatic rings. The van der Waals surface area contributed by atoms with E-state index in [9.17, 15) is 9.59 Å². The van der Waals surface area contributed by atoms with Crippen LogP contribution < -0.4 is 5.32 Å². The Morgan fingerprint density at radius 2 is 2.11 bits per heavy atom. The first-order valence-electron chi connectivity index (χ1n) is 5.51. The van der Waals surface area contributed by atoms with Crippen LogP contribution in [0, 0.1) is 0 Å². The third-order valence-electron chi connectivity index (χ3n) is 2.40. The molecule has 0 amide bonds. The molecule has 1 aromatic rings. The minimum atomic E-state index is -0.490. The van der Waals surface area contributed by atoms with E-state index in [0.29, 0.717) is 17.8 Å². The minimum Gasteiger partial charge on any atom is -0.467 e. The molecule has 0 spiro atoms. The van der Waals surface area contributed by atoms with Gasteiger partial charge in [0.2, 0.25) is 0 Å². The monoisotopic (exact) mass is 252 g/mol. The summed E-state index contributed by atoms with van der Waals surface area (Å²) in [4.78, 5) is 26.8. The number of carbonyl (C=O) groups is 2. The Kier molecular flexibility index (Phi) is 5.10.